The van der Waals surface area contributed by atoms with Crippen LogP contribution in [0.25, 0.3) is 0 Å². The largest absolute Gasteiger partial charge is 0.477 e. The average molecular weight is 366 g/mol. The van der Waals surface area contributed by atoms with Crippen molar-refractivity contribution in [3.63, 3.8) is 0 Å². The first-order valence-corrected chi connectivity index (χ1v) is 9.98. The van der Waals surface area contributed by atoms with Gasteiger partial charge in [0.1, 0.15) is 4.88 Å². The molecule has 6 nitrogen and oxygen atoms in total. The number of carboxylic acids is 1. The second kappa shape index (κ2) is 6.62. The number of aromatic carboxylic acids is 1. The van der Waals surface area contributed by atoms with Gasteiger partial charge in [0.15, 0.2) is 0 Å². The van der Waals surface area contributed by atoms with Crippen molar-refractivity contribution >= 4 is 27.3 Å². The van der Waals surface area contributed by atoms with Crippen LogP contribution in [0.4, 0.5) is 0 Å². The van der Waals surface area contributed by atoms with Crippen molar-refractivity contribution in [2.45, 2.75) is 37.5 Å². The molecule has 3 rings (SSSR count). The minimum absolute atomic E-state index is 0.186. The molecule has 0 fully saturated rings. The summed E-state index contributed by atoms with van der Waals surface area (Å²) in [5.41, 5.74) is 2.80. The number of carbonyl (C=O) groups is 1. The lowest BCUT2D eigenvalue weighted by Gasteiger charge is -2.08. The predicted octanol–water partition coefficient (Wildman–Crippen LogP) is 2.16. The van der Waals surface area contributed by atoms with E-state index in [4.69, 9.17) is 5.11 Å². The molecule has 8 heteroatoms. The van der Waals surface area contributed by atoms with Gasteiger partial charge in [-0.15, -0.1) is 11.3 Å². The zero-order valence-corrected chi connectivity index (χ0v) is 14.8. The van der Waals surface area contributed by atoms with E-state index in [1.165, 1.54) is 5.56 Å². The van der Waals surface area contributed by atoms with E-state index in [0.29, 0.717) is 17.1 Å². The van der Waals surface area contributed by atoms with E-state index < -0.39 is 16.0 Å². The molecule has 24 heavy (non-hydrogen) atoms. The van der Waals surface area contributed by atoms with Crippen LogP contribution in [-0.4, -0.2) is 31.0 Å². The molecule has 0 bridgehead atoms. The third-order valence-corrected chi connectivity index (χ3v) is 6.71. The standard InChI is InChI=1S/C16H18N2O4S2/c1-10-15(16(19)20)23-14(18-10)7-8-17-24(21,22)13-6-5-11-3-2-4-12(11)9-13/h5-6,9,17H,2-4,7-8H2,1H3,(H,19,20). The van der Waals surface area contributed by atoms with Crippen LogP contribution in [0.1, 0.15) is 37.9 Å². The fourth-order valence-corrected chi connectivity index (χ4v) is 4.83. The predicted molar refractivity (Wildman–Crippen MR) is 91.2 cm³/mol. The molecule has 0 unspecified atom stereocenters. The number of fused-ring (bicyclic) bond motifs is 1. The first-order chi connectivity index (χ1) is 11.4. The molecular formula is C16H18N2O4S2. The summed E-state index contributed by atoms with van der Waals surface area (Å²) in [6.07, 6.45) is 3.37. The maximum absolute atomic E-state index is 12.4. The highest BCUT2D eigenvalue weighted by atomic mass is 32.2. The Morgan fingerprint density at radius 1 is 1.33 bits per heavy atom. The van der Waals surface area contributed by atoms with Crippen LogP contribution in [0.5, 0.6) is 0 Å². The maximum Gasteiger partial charge on any atom is 0.347 e. The summed E-state index contributed by atoms with van der Waals surface area (Å²) < 4.78 is 27.3. The molecule has 0 spiro atoms. The molecule has 1 aromatic carbocycles. The molecule has 1 aliphatic rings. The second-order valence-electron chi connectivity index (χ2n) is 5.76. The zero-order chi connectivity index (χ0) is 17.3. The monoisotopic (exact) mass is 366 g/mol. The second-order valence-corrected chi connectivity index (χ2v) is 8.61. The van der Waals surface area contributed by atoms with E-state index >= 15 is 0 Å². The van der Waals surface area contributed by atoms with Crippen LogP contribution in [0.3, 0.4) is 0 Å². The van der Waals surface area contributed by atoms with Crippen LogP contribution in [0.2, 0.25) is 0 Å². The number of rotatable bonds is 6. The topological polar surface area (TPSA) is 96.4 Å². The van der Waals surface area contributed by atoms with Crippen LogP contribution < -0.4 is 4.72 Å². The minimum atomic E-state index is -3.56. The summed E-state index contributed by atoms with van der Waals surface area (Å²) in [7, 11) is -3.56. The van der Waals surface area contributed by atoms with Gasteiger partial charge in [0.05, 0.1) is 15.6 Å². The Balaban J connectivity index is 1.65. The van der Waals surface area contributed by atoms with Gasteiger partial charge in [-0.2, -0.15) is 0 Å². The third kappa shape index (κ3) is 3.50. The summed E-state index contributed by atoms with van der Waals surface area (Å²) in [4.78, 5) is 15.7. The fraction of sp³-hybridized carbons (Fsp3) is 0.375. The Bertz CT molecular complexity index is 887. The molecular weight excluding hydrogens is 348 g/mol. The lowest BCUT2D eigenvalue weighted by Crippen LogP contribution is -2.26. The average Bonchev–Trinajstić information content (AvgIpc) is 3.12. The van der Waals surface area contributed by atoms with Gasteiger partial charge in [0.2, 0.25) is 10.0 Å². The van der Waals surface area contributed by atoms with Gasteiger partial charge in [-0.1, -0.05) is 6.07 Å². The highest BCUT2D eigenvalue weighted by molar-refractivity contribution is 7.89. The molecule has 0 atom stereocenters. The van der Waals surface area contributed by atoms with E-state index in [-0.39, 0.29) is 16.3 Å². The summed E-state index contributed by atoms with van der Waals surface area (Å²) in [5.74, 6) is -1.00. The van der Waals surface area contributed by atoms with Crippen molar-refractivity contribution in [1.82, 2.24) is 9.71 Å². The molecule has 128 valence electrons. The van der Waals surface area contributed by atoms with Crippen molar-refractivity contribution in [1.29, 1.82) is 0 Å². The Morgan fingerprint density at radius 2 is 2.08 bits per heavy atom. The van der Waals surface area contributed by atoms with Gasteiger partial charge in [-0.25, -0.2) is 22.9 Å². The van der Waals surface area contributed by atoms with Crippen molar-refractivity contribution in [2.75, 3.05) is 6.54 Å². The summed E-state index contributed by atoms with van der Waals surface area (Å²) in [6, 6.07) is 5.28. The molecule has 0 radical (unpaired) electrons. The van der Waals surface area contributed by atoms with Crippen LogP contribution in [0.15, 0.2) is 23.1 Å². The lowest BCUT2D eigenvalue weighted by atomic mass is 10.1. The highest BCUT2D eigenvalue weighted by Crippen LogP contribution is 2.24. The summed E-state index contributed by atoms with van der Waals surface area (Å²) in [5, 5.41) is 9.63. The summed E-state index contributed by atoms with van der Waals surface area (Å²) >= 11 is 1.08. The zero-order valence-electron chi connectivity index (χ0n) is 13.2. The smallest absolute Gasteiger partial charge is 0.347 e. The molecule has 0 aliphatic heterocycles. The van der Waals surface area contributed by atoms with E-state index in [2.05, 4.69) is 9.71 Å². The summed E-state index contributed by atoms with van der Waals surface area (Å²) in [6.45, 7) is 1.82. The SMILES string of the molecule is Cc1nc(CCNS(=O)(=O)c2ccc3c(c2)CCC3)sc1C(=O)O. The molecule has 0 saturated carbocycles. The molecule has 1 heterocycles. The number of hydrogen-bond acceptors (Lipinski definition) is 5. The number of hydrogen-bond donors (Lipinski definition) is 2. The first kappa shape index (κ1) is 17.1. The first-order valence-electron chi connectivity index (χ1n) is 7.68. The van der Waals surface area contributed by atoms with Crippen molar-refractivity contribution in [3.05, 3.63) is 44.9 Å². The van der Waals surface area contributed by atoms with E-state index in [1.54, 1.807) is 19.1 Å². The maximum atomic E-state index is 12.4. The Labute approximate surface area is 144 Å². The molecule has 1 aromatic heterocycles. The van der Waals surface area contributed by atoms with Gasteiger partial charge in [-0.3, -0.25) is 0 Å². The number of thiazole rings is 1. The number of nitrogens with one attached hydrogen (secondary N) is 1. The minimum Gasteiger partial charge on any atom is -0.477 e. The van der Waals surface area contributed by atoms with Gasteiger partial charge < -0.3 is 5.11 Å². The Morgan fingerprint density at radius 3 is 2.79 bits per heavy atom. The van der Waals surface area contributed by atoms with Crippen LogP contribution in [0, 0.1) is 6.92 Å². The number of carboxylic acid groups (broad SMARTS) is 1. The lowest BCUT2D eigenvalue weighted by molar-refractivity contribution is 0.0701. The molecule has 0 amide bonds. The number of nitrogens with zero attached hydrogens (tertiary/aromatic N) is 1. The van der Waals surface area contributed by atoms with Crippen molar-refractivity contribution in [3.8, 4) is 0 Å². The molecule has 2 N–H and O–H groups in total. The van der Waals surface area contributed by atoms with Crippen LogP contribution in [-0.2, 0) is 29.3 Å². The van der Waals surface area contributed by atoms with E-state index in [9.17, 15) is 13.2 Å². The normalized spacial score (nSPS) is 13.9. The highest BCUT2D eigenvalue weighted by Gasteiger charge is 2.19. The van der Waals surface area contributed by atoms with Crippen LogP contribution >= 0.6 is 11.3 Å². The van der Waals surface area contributed by atoms with E-state index in [1.807, 2.05) is 6.07 Å². The quantitative estimate of drug-likeness (QED) is 0.817. The number of aryl methyl sites for hydroxylation is 3. The van der Waals surface area contributed by atoms with Gasteiger partial charge in [-0.05, 0) is 49.4 Å². The number of sulfonamides is 1. The fourth-order valence-electron chi connectivity index (χ4n) is 2.85. The molecule has 2 aromatic rings. The molecule has 0 saturated heterocycles. The Hall–Kier alpha value is -1.77. The number of benzene rings is 1. The van der Waals surface area contributed by atoms with Crippen molar-refractivity contribution in [2.24, 2.45) is 0 Å². The molecule has 1 aliphatic carbocycles. The van der Waals surface area contributed by atoms with Gasteiger partial charge >= 0.3 is 5.97 Å². The third-order valence-electron chi connectivity index (χ3n) is 4.05. The van der Waals surface area contributed by atoms with Crippen molar-refractivity contribution < 1.29 is 18.3 Å². The van der Waals surface area contributed by atoms with Gasteiger partial charge in [0, 0.05) is 13.0 Å². The number of aromatic nitrogens is 1. The Kier molecular flexibility index (Phi) is 4.71. The van der Waals surface area contributed by atoms with Gasteiger partial charge in [0.25, 0.3) is 0 Å². The van der Waals surface area contributed by atoms with E-state index in [0.717, 1.165) is 36.2 Å².